The van der Waals surface area contributed by atoms with Crippen molar-refractivity contribution >= 4 is 45.8 Å². The first-order chi connectivity index (χ1) is 13.1. The summed E-state index contributed by atoms with van der Waals surface area (Å²) in [4.78, 5) is 23.9. The molecule has 0 saturated carbocycles. The number of anilines is 2. The van der Waals surface area contributed by atoms with Crippen LogP contribution in [0.3, 0.4) is 0 Å². The Morgan fingerprint density at radius 2 is 1.93 bits per heavy atom. The summed E-state index contributed by atoms with van der Waals surface area (Å²) in [5, 5.41) is 14.8. The quantitative estimate of drug-likeness (QED) is 0.329. The van der Waals surface area contributed by atoms with Gasteiger partial charge in [0.1, 0.15) is 0 Å². The summed E-state index contributed by atoms with van der Waals surface area (Å²) in [5.74, 6) is -0.249. The van der Waals surface area contributed by atoms with Crippen LogP contribution < -0.4 is 10.6 Å². The highest BCUT2D eigenvalue weighted by molar-refractivity contribution is 8.01. The predicted molar refractivity (Wildman–Crippen MR) is 110 cm³/mol. The molecule has 1 heterocycles. The Hall–Kier alpha value is -2.13. The summed E-state index contributed by atoms with van der Waals surface area (Å²) in [6, 6.07) is 6.67. The lowest BCUT2D eigenvalue weighted by atomic mass is 10.2. The van der Waals surface area contributed by atoms with Crippen molar-refractivity contribution in [2.45, 2.75) is 37.4 Å². The maximum atomic E-state index is 12.1. The molecule has 0 atom stereocenters. The molecular formula is C18H24N4O3S2. The van der Waals surface area contributed by atoms with Gasteiger partial charge in [-0.1, -0.05) is 43.4 Å². The monoisotopic (exact) mass is 408 g/mol. The molecule has 1 amide bonds. The van der Waals surface area contributed by atoms with Crippen molar-refractivity contribution in [3.8, 4) is 0 Å². The zero-order chi connectivity index (χ0) is 19.5. The van der Waals surface area contributed by atoms with Gasteiger partial charge in [-0.15, -0.1) is 10.2 Å². The van der Waals surface area contributed by atoms with Crippen LogP contribution in [-0.2, 0) is 9.53 Å². The first-order valence-electron chi connectivity index (χ1n) is 8.89. The second-order valence-corrected chi connectivity index (χ2v) is 7.90. The molecule has 0 aliphatic rings. The van der Waals surface area contributed by atoms with E-state index in [0.717, 1.165) is 35.3 Å². The van der Waals surface area contributed by atoms with Crippen LogP contribution in [0.15, 0.2) is 28.6 Å². The first-order valence-corrected chi connectivity index (χ1v) is 10.7. The summed E-state index contributed by atoms with van der Waals surface area (Å²) in [7, 11) is 0. The van der Waals surface area contributed by atoms with Gasteiger partial charge in [-0.25, -0.2) is 4.79 Å². The van der Waals surface area contributed by atoms with Crippen LogP contribution >= 0.6 is 23.1 Å². The molecule has 2 aromatic rings. The summed E-state index contributed by atoms with van der Waals surface area (Å²) in [5.41, 5.74) is 1.10. The van der Waals surface area contributed by atoms with Gasteiger partial charge in [-0.05, 0) is 37.1 Å². The number of carbonyl (C=O) groups excluding carboxylic acids is 2. The second-order valence-electron chi connectivity index (χ2n) is 5.70. The van der Waals surface area contributed by atoms with Crippen molar-refractivity contribution in [3.63, 3.8) is 0 Å². The normalized spacial score (nSPS) is 10.4. The summed E-state index contributed by atoms with van der Waals surface area (Å²) < 4.78 is 5.90. The van der Waals surface area contributed by atoms with E-state index in [1.165, 1.54) is 23.1 Å². The molecule has 0 saturated heterocycles. The molecule has 7 nitrogen and oxygen atoms in total. The summed E-state index contributed by atoms with van der Waals surface area (Å²) >= 11 is 2.77. The number of unbranched alkanes of at least 4 members (excludes halogenated alkanes) is 1. The molecule has 0 fully saturated rings. The Morgan fingerprint density at radius 3 is 2.63 bits per heavy atom. The molecular weight excluding hydrogens is 384 g/mol. The minimum Gasteiger partial charge on any atom is -0.462 e. The number of nitrogens with zero attached hydrogens (tertiary/aromatic N) is 2. The van der Waals surface area contributed by atoms with E-state index in [4.69, 9.17) is 4.74 Å². The maximum absolute atomic E-state index is 12.1. The minimum atomic E-state index is -0.347. The summed E-state index contributed by atoms with van der Waals surface area (Å²) in [6.07, 6.45) is 2.84. The minimum absolute atomic E-state index is 0.142. The predicted octanol–water partition coefficient (Wildman–Crippen LogP) is 4.05. The smallest absolute Gasteiger partial charge is 0.338 e. The molecule has 1 aromatic heterocycles. The average Bonchev–Trinajstić information content (AvgIpc) is 3.13. The third-order valence-corrected chi connectivity index (χ3v) is 5.41. The van der Waals surface area contributed by atoms with Gasteiger partial charge in [0.05, 0.1) is 17.9 Å². The number of nitrogens with one attached hydrogen (secondary N) is 2. The Kier molecular flexibility index (Phi) is 9.06. The van der Waals surface area contributed by atoms with Crippen molar-refractivity contribution in [1.29, 1.82) is 0 Å². The lowest BCUT2D eigenvalue weighted by Crippen LogP contribution is -2.14. The van der Waals surface area contributed by atoms with E-state index in [2.05, 4.69) is 27.8 Å². The summed E-state index contributed by atoms with van der Waals surface area (Å²) in [6.45, 7) is 5.39. The van der Waals surface area contributed by atoms with E-state index < -0.39 is 0 Å². The Labute approximate surface area is 167 Å². The highest BCUT2D eigenvalue weighted by Crippen LogP contribution is 2.25. The van der Waals surface area contributed by atoms with Crippen LogP contribution in [0, 0.1) is 0 Å². The molecule has 0 aliphatic carbocycles. The first kappa shape index (κ1) is 21.2. The molecule has 2 rings (SSSR count). The van der Waals surface area contributed by atoms with Crippen molar-refractivity contribution in [3.05, 3.63) is 29.8 Å². The standard InChI is InChI=1S/C18H24N4O3S2/c1-3-5-11-25-16(24)13-6-8-14(9-7-13)20-15(23)12-26-18-22-21-17(27-18)19-10-4-2/h6-9H,3-5,10-12H2,1-2H3,(H,19,21)(H,20,23). The number of benzene rings is 1. The molecule has 1 aromatic carbocycles. The molecule has 0 radical (unpaired) electrons. The third kappa shape index (κ3) is 7.56. The van der Waals surface area contributed by atoms with E-state index in [1.807, 2.05) is 6.92 Å². The van der Waals surface area contributed by atoms with E-state index in [0.29, 0.717) is 17.9 Å². The van der Waals surface area contributed by atoms with Crippen molar-refractivity contribution < 1.29 is 14.3 Å². The number of carbonyl (C=O) groups is 2. The molecule has 0 aliphatic heterocycles. The molecule has 146 valence electrons. The van der Waals surface area contributed by atoms with Gasteiger partial charge in [-0.3, -0.25) is 4.79 Å². The number of rotatable bonds is 11. The molecule has 0 bridgehead atoms. The Bertz CT molecular complexity index is 734. The number of amides is 1. The van der Waals surface area contributed by atoms with Crippen LogP contribution in [-0.4, -0.2) is 41.0 Å². The van der Waals surface area contributed by atoms with Gasteiger partial charge >= 0.3 is 5.97 Å². The van der Waals surface area contributed by atoms with Gasteiger partial charge in [0.25, 0.3) is 0 Å². The number of ether oxygens (including phenoxy) is 1. The van der Waals surface area contributed by atoms with Gasteiger partial charge in [0, 0.05) is 12.2 Å². The number of hydrogen-bond acceptors (Lipinski definition) is 8. The van der Waals surface area contributed by atoms with Crippen LogP contribution in [0.25, 0.3) is 0 Å². The fourth-order valence-electron chi connectivity index (χ4n) is 1.98. The van der Waals surface area contributed by atoms with E-state index in [1.54, 1.807) is 24.3 Å². The molecule has 2 N–H and O–H groups in total. The lowest BCUT2D eigenvalue weighted by Gasteiger charge is -2.06. The third-order valence-electron chi connectivity index (χ3n) is 3.39. The number of hydrogen-bond donors (Lipinski definition) is 2. The maximum Gasteiger partial charge on any atom is 0.338 e. The van der Waals surface area contributed by atoms with Gasteiger partial charge < -0.3 is 15.4 Å². The average molecular weight is 409 g/mol. The number of aromatic nitrogens is 2. The van der Waals surface area contributed by atoms with Gasteiger partial charge in [0.15, 0.2) is 4.34 Å². The van der Waals surface area contributed by atoms with Crippen molar-refractivity contribution in [2.75, 3.05) is 29.5 Å². The van der Waals surface area contributed by atoms with Crippen LogP contribution in [0.2, 0.25) is 0 Å². The Balaban J connectivity index is 1.76. The number of esters is 1. The largest absolute Gasteiger partial charge is 0.462 e. The van der Waals surface area contributed by atoms with Crippen molar-refractivity contribution in [1.82, 2.24) is 10.2 Å². The molecule has 0 spiro atoms. The highest BCUT2D eigenvalue weighted by Gasteiger charge is 2.10. The van der Waals surface area contributed by atoms with E-state index in [9.17, 15) is 9.59 Å². The highest BCUT2D eigenvalue weighted by atomic mass is 32.2. The van der Waals surface area contributed by atoms with E-state index in [-0.39, 0.29) is 17.6 Å². The SMILES string of the molecule is CCCCOC(=O)c1ccc(NC(=O)CSc2nnc(NCCC)s2)cc1. The van der Waals surface area contributed by atoms with Crippen LogP contribution in [0.5, 0.6) is 0 Å². The van der Waals surface area contributed by atoms with Crippen molar-refractivity contribution in [2.24, 2.45) is 0 Å². The fourth-order valence-corrected chi connectivity index (χ4v) is 3.56. The molecule has 9 heteroatoms. The topological polar surface area (TPSA) is 93.2 Å². The van der Waals surface area contributed by atoms with E-state index >= 15 is 0 Å². The lowest BCUT2D eigenvalue weighted by molar-refractivity contribution is -0.113. The molecule has 0 unspecified atom stereocenters. The van der Waals surface area contributed by atoms with Gasteiger partial charge in [-0.2, -0.15) is 0 Å². The van der Waals surface area contributed by atoms with Crippen LogP contribution in [0.1, 0.15) is 43.5 Å². The zero-order valence-corrected chi connectivity index (χ0v) is 17.1. The van der Waals surface area contributed by atoms with Crippen LogP contribution in [0.4, 0.5) is 10.8 Å². The van der Waals surface area contributed by atoms with Gasteiger partial charge in [0.2, 0.25) is 11.0 Å². The second kappa shape index (κ2) is 11.6. The zero-order valence-electron chi connectivity index (χ0n) is 15.5. The molecule has 27 heavy (non-hydrogen) atoms. The number of thioether (sulfide) groups is 1. The Morgan fingerprint density at radius 1 is 1.15 bits per heavy atom. The fraction of sp³-hybridized carbons (Fsp3) is 0.444.